The summed E-state index contributed by atoms with van der Waals surface area (Å²) >= 11 is 0. The van der Waals surface area contributed by atoms with Gasteiger partial charge in [0.2, 0.25) is 15.9 Å². The zero-order valence-electron chi connectivity index (χ0n) is 16.2. The average molecular weight is 430 g/mol. The summed E-state index contributed by atoms with van der Waals surface area (Å²) in [5, 5.41) is 2.69. The van der Waals surface area contributed by atoms with E-state index in [4.69, 9.17) is 15.2 Å². The van der Waals surface area contributed by atoms with E-state index in [2.05, 4.69) is 10.0 Å². The second-order valence-electron chi connectivity index (χ2n) is 6.78. The third-order valence-electron chi connectivity index (χ3n) is 4.34. The van der Waals surface area contributed by atoms with Gasteiger partial charge in [0.1, 0.15) is 6.73 Å². The molecule has 1 amide bonds. The minimum absolute atomic E-state index is 0.0252. The Kier molecular flexibility index (Phi) is 9.36. The van der Waals surface area contributed by atoms with Crippen LogP contribution in [0.2, 0.25) is 0 Å². The molecule has 1 aliphatic rings. The zero-order valence-corrected chi connectivity index (χ0v) is 17.0. The maximum absolute atomic E-state index is 13.9. The van der Waals surface area contributed by atoms with Crippen molar-refractivity contribution >= 4 is 15.9 Å². The SMILES string of the molecule is NC(=O)/C=C\NCOCCCS(=O)(=O)NCc1ccc(F)c(OC2CCCC2)c1. The van der Waals surface area contributed by atoms with Gasteiger partial charge in [-0.15, -0.1) is 0 Å². The lowest BCUT2D eigenvalue weighted by Gasteiger charge is -2.15. The number of carbonyl (C=O) groups is 1. The normalized spacial score (nSPS) is 15.1. The molecular formula is C19H28FN3O5S. The van der Waals surface area contributed by atoms with Crippen molar-refractivity contribution in [1.82, 2.24) is 10.0 Å². The minimum atomic E-state index is -3.49. The van der Waals surface area contributed by atoms with Crippen LogP contribution >= 0.6 is 0 Å². The minimum Gasteiger partial charge on any atom is -0.487 e. The van der Waals surface area contributed by atoms with Crippen LogP contribution < -0.4 is 20.5 Å². The molecule has 1 saturated carbocycles. The Hall–Kier alpha value is -2.17. The highest BCUT2D eigenvalue weighted by Gasteiger charge is 2.18. The number of nitrogens with two attached hydrogens (primary N) is 1. The van der Waals surface area contributed by atoms with Crippen molar-refractivity contribution in [2.75, 3.05) is 19.1 Å². The molecule has 1 fully saturated rings. The molecule has 162 valence electrons. The Morgan fingerprint density at radius 3 is 2.79 bits per heavy atom. The van der Waals surface area contributed by atoms with E-state index in [0.29, 0.717) is 12.0 Å². The Labute approximate surface area is 170 Å². The molecule has 1 aromatic rings. The van der Waals surface area contributed by atoms with Crippen LogP contribution in [0.4, 0.5) is 4.39 Å². The van der Waals surface area contributed by atoms with Crippen LogP contribution in [0.5, 0.6) is 5.75 Å². The van der Waals surface area contributed by atoms with Gasteiger partial charge >= 0.3 is 0 Å². The summed E-state index contributed by atoms with van der Waals surface area (Å²) in [6, 6.07) is 4.37. The van der Waals surface area contributed by atoms with Gasteiger partial charge in [-0.05, 0) is 49.8 Å². The molecule has 0 aliphatic heterocycles. The first-order chi connectivity index (χ1) is 13.9. The fourth-order valence-corrected chi connectivity index (χ4v) is 3.90. The third-order valence-corrected chi connectivity index (χ3v) is 5.75. The topological polar surface area (TPSA) is 120 Å². The Balaban J connectivity index is 1.70. The summed E-state index contributed by atoms with van der Waals surface area (Å²) in [6.07, 6.45) is 6.81. The molecular weight excluding hydrogens is 401 g/mol. The number of hydrogen-bond acceptors (Lipinski definition) is 6. The third kappa shape index (κ3) is 9.25. The van der Waals surface area contributed by atoms with E-state index in [-0.39, 0.29) is 37.5 Å². The van der Waals surface area contributed by atoms with Crippen LogP contribution in [0.15, 0.2) is 30.5 Å². The van der Waals surface area contributed by atoms with Crippen LogP contribution in [-0.4, -0.2) is 39.5 Å². The number of carbonyl (C=O) groups excluding carboxylic acids is 1. The van der Waals surface area contributed by atoms with Gasteiger partial charge < -0.3 is 20.5 Å². The molecule has 0 radical (unpaired) electrons. The molecule has 0 heterocycles. The van der Waals surface area contributed by atoms with E-state index in [1.807, 2.05) is 0 Å². The fraction of sp³-hybridized carbons (Fsp3) is 0.526. The quantitative estimate of drug-likeness (QED) is 0.248. The number of rotatable bonds is 13. The van der Waals surface area contributed by atoms with Crippen molar-refractivity contribution in [3.8, 4) is 5.75 Å². The lowest BCUT2D eigenvalue weighted by atomic mass is 10.2. The summed E-state index contributed by atoms with van der Waals surface area (Å²) in [7, 11) is -3.49. The number of nitrogens with one attached hydrogen (secondary N) is 2. The smallest absolute Gasteiger partial charge is 0.242 e. The molecule has 29 heavy (non-hydrogen) atoms. The molecule has 0 aromatic heterocycles. The molecule has 0 saturated heterocycles. The number of sulfonamides is 1. The second-order valence-corrected chi connectivity index (χ2v) is 8.70. The molecule has 0 atom stereocenters. The van der Waals surface area contributed by atoms with Crippen LogP contribution in [0.1, 0.15) is 37.7 Å². The highest BCUT2D eigenvalue weighted by Crippen LogP contribution is 2.26. The van der Waals surface area contributed by atoms with Gasteiger partial charge in [-0.25, -0.2) is 17.5 Å². The predicted octanol–water partition coefficient (Wildman–Crippen LogP) is 1.52. The van der Waals surface area contributed by atoms with E-state index >= 15 is 0 Å². The summed E-state index contributed by atoms with van der Waals surface area (Å²) in [5.41, 5.74) is 5.55. The van der Waals surface area contributed by atoms with E-state index in [9.17, 15) is 17.6 Å². The number of amides is 1. The number of ether oxygens (including phenoxy) is 2. The predicted molar refractivity (Wildman–Crippen MR) is 107 cm³/mol. The largest absolute Gasteiger partial charge is 0.487 e. The van der Waals surface area contributed by atoms with Crippen LogP contribution in [0, 0.1) is 5.82 Å². The Morgan fingerprint density at radius 1 is 1.31 bits per heavy atom. The monoisotopic (exact) mass is 429 g/mol. The Bertz CT molecular complexity index is 795. The van der Waals surface area contributed by atoms with Gasteiger partial charge in [0.05, 0.1) is 11.9 Å². The second kappa shape index (κ2) is 11.7. The average Bonchev–Trinajstić information content (AvgIpc) is 3.17. The maximum Gasteiger partial charge on any atom is 0.242 e. The fourth-order valence-electron chi connectivity index (χ4n) is 2.87. The summed E-state index contributed by atoms with van der Waals surface area (Å²) < 4.78 is 51.5. The first kappa shape index (κ1) is 23.1. The van der Waals surface area contributed by atoms with E-state index in [1.165, 1.54) is 18.3 Å². The molecule has 1 aliphatic carbocycles. The summed E-state index contributed by atoms with van der Waals surface area (Å²) in [6.45, 7) is 0.425. The number of halogens is 1. The van der Waals surface area contributed by atoms with E-state index in [1.54, 1.807) is 6.07 Å². The number of primary amides is 1. The van der Waals surface area contributed by atoms with E-state index in [0.717, 1.165) is 31.8 Å². The van der Waals surface area contributed by atoms with Crippen LogP contribution in [0.25, 0.3) is 0 Å². The highest BCUT2D eigenvalue weighted by molar-refractivity contribution is 7.89. The van der Waals surface area contributed by atoms with Gasteiger partial charge in [-0.1, -0.05) is 6.07 Å². The van der Waals surface area contributed by atoms with Crippen molar-refractivity contribution in [3.63, 3.8) is 0 Å². The van der Waals surface area contributed by atoms with Crippen molar-refractivity contribution in [1.29, 1.82) is 0 Å². The van der Waals surface area contributed by atoms with Crippen molar-refractivity contribution in [2.24, 2.45) is 5.73 Å². The van der Waals surface area contributed by atoms with Gasteiger partial charge in [0.25, 0.3) is 0 Å². The molecule has 0 bridgehead atoms. The van der Waals surface area contributed by atoms with Gasteiger partial charge in [0.15, 0.2) is 11.6 Å². The Morgan fingerprint density at radius 2 is 2.07 bits per heavy atom. The molecule has 4 N–H and O–H groups in total. The lowest BCUT2D eigenvalue weighted by molar-refractivity contribution is -0.113. The lowest BCUT2D eigenvalue weighted by Crippen LogP contribution is -2.27. The van der Waals surface area contributed by atoms with Gasteiger partial charge in [-0.3, -0.25) is 4.79 Å². The van der Waals surface area contributed by atoms with Gasteiger partial charge in [0, 0.05) is 25.4 Å². The molecule has 0 unspecified atom stereocenters. The zero-order chi connectivity index (χ0) is 21.1. The molecule has 2 rings (SSSR count). The van der Waals surface area contributed by atoms with Crippen molar-refractivity contribution in [2.45, 2.75) is 44.8 Å². The van der Waals surface area contributed by atoms with Crippen LogP contribution in [0.3, 0.4) is 0 Å². The first-order valence-corrected chi connectivity index (χ1v) is 11.2. The molecule has 1 aromatic carbocycles. The van der Waals surface area contributed by atoms with Crippen LogP contribution in [-0.2, 0) is 26.1 Å². The number of hydrogen-bond donors (Lipinski definition) is 3. The highest BCUT2D eigenvalue weighted by atomic mass is 32.2. The van der Waals surface area contributed by atoms with E-state index < -0.39 is 21.7 Å². The molecule has 10 heteroatoms. The number of benzene rings is 1. The summed E-state index contributed by atoms with van der Waals surface area (Å²) in [4.78, 5) is 10.5. The molecule has 8 nitrogen and oxygen atoms in total. The molecule has 0 spiro atoms. The van der Waals surface area contributed by atoms with Crippen molar-refractivity contribution < 1.29 is 27.1 Å². The van der Waals surface area contributed by atoms with Gasteiger partial charge in [-0.2, -0.15) is 0 Å². The van der Waals surface area contributed by atoms with Crippen molar-refractivity contribution in [3.05, 3.63) is 41.9 Å². The standard InChI is InChI=1S/C19H28FN3O5S/c20-17-7-6-15(12-18(17)28-16-4-1-2-5-16)13-23-29(25,26)11-3-10-27-14-22-9-8-19(21)24/h6-9,12,16,22-23H,1-5,10-11,13-14H2,(H2,21,24)/b9-8-. The first-order valence-electron chi connectivity index (χ1n) is 9.55. The summed E-state index contributed by atoms with van der Waals surface area (Å²) in [5.74, 6) is -0.954. The maximum atomic E-state index is 13.9.